The van der Waals surface area contributed by atoms with Crippen molar-refractivity contribution in [2.75, 3.05) is 39.3 Å². The fraction of sp³-hybridized carbons (Fsp3) is 0.667. The molecule has 120 valence electrons. The quantitative estimate of drug-likeness (QED) is 0.855. The number of amides is 1. The molecule has 1 amide bonds. The highest BCUT2D eigenvalue weighted by Gasteiger charge is 2.27. The number of nitrogens with zero attached hydrogens (tertiary/aromatic N) is 3. The van der Waals surface area contributed by atoms with Gasteiger partial charge in [0.1, 0.15) is 11.9 Å². The Hall–Kier alpha value is -1.73. The van der Waals surface area contributed by atoms with Crippen LogP contribution in [-0.2, 0) is 9.53 Å². The van der Waals surface area contributed by atoms with Gasteiger partial charge in [0.25, 0.3) is 5.56 Å². The van der Waals surface area contributed by atoms with Crippen molar-refractivity contribution in [3.8, 4) is 0 Å². The molecule has 7 nitrogen and oxygen atoms in total. The first-order valence-electron chi connectivity index (χ1n) is 7.81. The number of nitrogens with one attached hydrogen (secondary N) is 1. The fourth-order valence-corrected chi connectivity index (χ4v) is 3.05. The van der Waals surface area contributed by atoms with Gasteiger partial charge in [-0.2, -0.15) is 0 Å². The fourth-order valence-electron chi connectivity index (χ4n) is 3.05. The van der Waals surface area contributed by atoms with Crippen LogP contribution in [0.1, 0.15) is 30.5 Å². The molecule has 22 heavy (non-hydrogen) atoms. The second-order valence-corrected chi connectivity index (χ2v) is 5.94. The monoisotopic (exact) mass is 306 g/mol. The minimum Gasteiger partial charge on any atom is -0.369 e. The zero-order chi connectivity index (χ0) is 15.5. The number of morpholine rings is 1. The lowest BCUT2D eigenvalue weighted by Gasteiger charge is -2.33. The molecule has 2 saturated heterocycles. The maximum Gasteiger partial charge on any atom is 0.251 e. The Balaban J connectivity index is 1.63. The Morgan fingerprint density at radius 2 is 2.18 bits per heavy atom. The Bertz CT molecular complexity index is 595. The van der Waals surface area contributed by atoms with Crippen LogP contribution in [0.5, 0.6) is 0 Å². The molecule has 7 heteroatoms. The molecule has 2 aliphatic heterocycles. The zero-order valence-corrected chi connectivity index (χ0v) is 12.9. The minimum atomic E-state index is -0.249. The first-order valence-corrected chi connectivity index (χ1v) is 7.81. The lowest BCUT2D eigenvalue weighted by Crippen LogP contribution is -2.45. The van der Waals surface area contributed by atoms with Gasteiger partial charge in [-0.15, -0.1) is 0 Å². The number of aryl methyl sites for hydroxylation is 1. The molecule has 0 aromatic carbocycles. The maximum atomic E-state index is 12.2. The Morgan fingerprint density at radius 3 is 2.91 bits per heavy atom. The van der Waals surface area contributed by atoms with Gasteiger partial charge in [-0.1, -0.05) is 0 Å². The molecule has 1 aromatic heterocycles. The summed E-state index contributed by atoms with van der Waals surface area (Å²) in [4.78, 5) is 34.8. The van der Waals surface area contributed by atoms with Gasteiger partial charge in [0.15, 0.2) is 0 Å². The third-order valence-corrected chi connectivity index (χ3v) is 4.18. The summed E-state index contributed by atoms with van der Waals surface area (Å²) in [7, 11) is 0. The van der Waals surface area contributed by atoms with Crippen molar-refractivity contribution in [3.63, 3.8) is 0 Å². The van der Waals surface area contributed by atoms with E-state index in [1.807, 2.05) is 4.90 Å². The molecule has 1 aromatic rings. The Morgan fingerprint density at radius 1 is 1.41 bits per heavy atom. The third-order valence-electron chi connectivity index (χ3n) is 4.18. The van der Waals surface area contributed by atoms with Crippen LogP contribution in [0.3, 0.4) is 0 Å². The molecule has 2 fully saturated rings. The molecule has 2 aliphatic rings. The first kappa shape index (κ1) is 15.2. The minimum absolute atomic E-state index is 0.170. The van der Waals surface area contributed by atoms with E-state index in [1.165, 1.54) is 6.07 Å². The smallest absolute Gasteiger partial charge is 0.251 e. The van der Waals surface area contributed by atoms with Crippen LogP contribution >= 0.6 is 0 Å². The number of carbonyl (C=O) groups excluding carboxylic acids is 1. The van der Waals surface area contributed by atoms with Gasteiger partial charge in [0, 0.05) is 32.2 Å². The normalized spacial score (nSPS) is 23.0. The summed E-state index contributed by atoms with van der Waals surface area (Å²) in [5, 5.41) is 0. The van der Waals surface area contributed by atoms with Gasteiger partial charge in [0.2, 0.25) is 5.91 Å². The average Bonchev–Trinajstić information content (AvgIpc) is 3.01. The zero-order valence-electron chi connectivity index (χ0n) is 12.9. The predicted molar refractivity (Wildman–Crippen MR) is 80.5 cm³/mol. The van der Waals surface area contributed by atoms with Gasteiger partial charge >= 0.3 is 0 Å². The van der Waals surface area contributed by atoms with Crippen molar-refractivity contribution >= 4 is 5.91 Å². The predicted octanol–water partition coefficient (Wildman–Crippen LogP) is 0.0740. The summed E-state index contributed by atoms with van der Waals surface area (Å²) in [5.41, 5.74) is 0.468. The summed E-state index contributed by atoms with van der Waals surface area (Å²) >= 11 is 0. The van der Waals surface area contributed by atoms with Crippen molar-refractivity contribution in [3.05, 3.63) is 27.9 Å². The average molecular weight is 306 g/mol. The molecule has 0 spiro atoms. The van der Waals surface area contributed by atoms with E-state index in [2.05, 4.69) is 14.9 Å². The summed E-state index contributed by atoms with van der Waals surface area (Å²) in [6.07, 6.45) is 1.96. The van der Waals surface area contributed by atoms with Crippen LogP contribution in [0.25, 0.3) is 0 Å². The van der Waals surface area contributed by atoms with Crippen LogP contribution < -0.4 is 5.56 Å². The van der Waals surface area contributed by atoms with Crippen LogP contribution in [0.2, 0.25) is 0 Å². The summed E-state index contributed by atoms with van der Waals surface area (Å²) < 4.78 is 5.73. The molecule has 1 unspecified atom stereocenters. The van der Waals surface area contributed by atoms with E-state index >= 15 is 0 Å². The van der Waals surface area contributed by atoms with E-state index in [-0.39, 0.29) is 17.6 Å². The van der Waals surface area contributed by atoms with Crippen molar-refractivity contribution in [2.24, 2.45) is 0 Å². The van der Waals surface area contributed by atoms with Crippen molar-refractivity contribution in [2.45, 2.75) is 25.9 Å². The van der Waals surface area contributed by atoms with E-state index in [0.717, 1.165) is 32.5 Å². The van der Waals surface area contributed by atoms with Crippen molar-refractivity contribution in [1.82, 2.24) is 19.8 Å². The van der Waals surface area contributed by atoms with Gasteiger partial charge in [-0.3, -0.25) is 14.5 Å². The number of hydrogen-bond acceptors (Lipinski definition) is 5. The third kappa shape index (κ3) is 3.53. The van der Waals surface area contributed by atoms with E-state index in [0.29, 0.717) is 31.2 Å². The number of ether oxygens (including phenoxy) is 1. The van der Waals surface area contributed by atoms with Crippen LogP contribution in [0.4, 0.5) is 0 Å². The highest BCUT2D eigenvalue weighted by molar-refractivity contribution is 5.78. The van der Waals surface area contributed by atoms with E-state index in [4.69, 9.17) is 4.74 Å². The molecule has 0 radical (unpaired) electrons. The standard InChI is InChI=1S/C15H22N4O3/c1-11-16-12(8-14(20)17-11)13-9-18(6-7-22-13)10-15(21)19-4-2-3-5-19/h8,13H,2-7,9-10H2,1H3,(H,16,17,20). The second kappa shape index (κ2) is 6.58. The Kier molecular flexibility index (Phi) is 4.54. The molecule has 1 N–H and O–H groups in total. The molecule has 3 heterocycles. The van der Waals surface area contributed by atoms with Crippen molar-refractivity contribution < 1.29 is 9.53 Å². The maximum absolute atomic E-state index is 12.2. The number of carbonyl (C=O) groups is 1. The van der Waals surface area contributed by atoms with E-state index in [1.54, 1.807) is 6.92 Å². The lowest BCUT2D eigenvalue weighted by atomic mass is 10.2. The van der Waals surface area contributed by atoms with Crippen LogP contribution in [-0.4, -0.2) is 65.0 Å². The van der Waals surface area contributed by atoms with Gasteiger partial charge < -0.3 is 14.6 Å². The van der Waals surface area contributed by atoms with E-state index < -0.39 is 0 Å². The Labute approximate surface area is 129 Å². The summed E-state index contributed by atoms with van der Waals surface area (Å²) in [5.74, 6) is 0.768. The topological polar surface area (TPSA) is 78.5 Å². The number of aromatic nitrogens is 2. The highest BCUT2D eigenvalue weighted by Crippen LogP contribution is 2.20. The molecule has 3 rings (SSSR count). The molecular formula is C15H22N4O3. The molecule has 0 saturated carbocycles. The van der Waals surface area contributed by atoms with Gasteiger partial charge in [-0.05, 0) is 19.8 Å². The first-order chi connectivity index (χ1) is 10.6. The largest absolute Gasteiger partial charge is 0.369 e. The highest BCUT2D eigenvalue weighted by atomic mass is 16.5. The van der Waals surface area contributed by atoms with Gasteiger partial charge in [0.05, 0.1) is 18.8 Å². The number of likely N-dealkylation sites (tertiary alicyclic amines) is 1. The van der Waals surface area contributed by atoms with Gasteiger partial charge in [-0.25, -0.2) is 4.98 Å². The summed E-state index contributed by atoms with van der Waals surface area (Å²) in [6, 6.07) is 1.48. The van der Waals surface area contributed by atoms with E-state index in [9.17, 15) is 9.59 Å². The summed E-state index contributed by atoms with van der Waals surface area (Å²) in [6.45, 7) is 5.80. The molecular weight excluding hydrogens is 284 g/mol. The SMILES string of the molecule is Cc1nc(C2CN(CC(=O)N3CCCC3)CCO2)cc(=O)[nH]1. The molecule has 0 bridgehead atoms. The second-order valence-electron chi connectivity index (χ2n) is 5.94. The lowest BCUT2D eigenvalue weighted by molar-refractivity contribution is -0.133. The number of hydrogen-bond donors (Lipinski definition) is 1. The molecule has 0 aliphatic carbocycles. The number of rotatable bonds is 3. The number of aromatic amines is 1. The van der Waals surface area contributed by atoms with Crippen LogP contribution in [0.15, 0.2) is 10.9 Å². The van der Waals surface area contributed by atoms with Crippen molar-refractivity contribution in [1.29, 1.82) is 0 Å². The molecule has 1 atom stereocenters. The van der Waals surface area contributed by atoms with Crippen LogP contribution in [0, 0.1) is 6.92 Å². The number of H-pyrrole nitrogens is 1.